The average Bonchev–Trinajstić information content (AvgIpc) is 3.03. The molecule has 1 aliphatic rings. The van der Waals surface area contributed by atoms with Crippen molar-refractivity contribution in [1.29, 1.82) is 0 Å². The van der Waals surface area contributed by atoms with Gasteiger partial charge in [-0.2, -0.15) is 0 Å². The standard InChI is InChI=1S/C14H21N3O2S2/c1-3-4-5-6-12-15-16-14(21-12)17-8-11(7-13(17)19)9-20-10(2)18/h11H,3-9H2,1-2H3. The van der Waals surface area contributed by atoms with Crippen LogP contribution >= 0.6 is 23.1 Å². The molecule has 1 amide bonds. The first-order chi connectivity index (χ1) is 10.1. The van der Waals surface area contributed by atoms with E-state index < -0.39 is 0 Å². The fourth-order valence-corrected chi connectivity index (χ4v) is 3.90. The summed E-state index contributed by atoms with van der Waals surface area (Å²) in [5.74, 6) is 1.04. The number of unbranched alkanes of at least 4 members (excludes halogenated alkanes) is 2. The molecule has 7 heteroatoms. The molecule has 0 aliphatic carbocycles. The van der Waals surface area contributed by atoms with E-state index in [4.69, 9.17) is 0 Å². The van der Waals surface area contributed by atoms with Gasteiger partial charge >= 0.3 is 0 Å². The molecule has 1 aromatic heterocycles. The topological polar surface area (TPSA) is 63.2 Å². The van der Waals surface area contributed by atoms with Gasteiger partial charge in [0.2, 0.25) is 11.0 Å². The van der Waals surface area contributed by atoms with Crippen LogP contribution in [0.15, 0.2) is 0 Å². The molecule has 1 saturated heterocycles. The Morgan fingerprint density at radius 2 is 2.24 bits per heavy atom. The van der Waals surface area contributed by atoms with Gasteiger partial charge in [0.1, 0.15) is 5.01 Å². The Bertz CT molecular complexity index is 504. The van der Waals surface area contributed by atoms with Crippen LogP contribution in [-0.2, 0) is 16.0 Å². The summed E-state index contributed by atoms with van der Waals surface area (Å²) in [6, 6.07) is 0. The van der Waals surface area contributed by atoms with Crippen LogP contribution in [0.4, 0.5) is 5.13 Å². The van der Waals surface area contributed by atoms with Crippen LogP contribution in [0, 0.1) is 5.92 Å². The number of carbonyl (C=O) groups is 2. The van der Waals surface area contributed by atoms with E-state index in [1.807, 2.05) is 0 Å². The molecule has 0 N–H and O–H groups in total. The Hall–Kier alpha value is -0.950. The maximum Gasteiger partial charge on any atom is 0.229 e. The van der Waals surface area contributed by atoms with E-state index in [9.17, 15) is 9.59 Å². The summed E-state index contributed by atoms with van der Waals surface area (Å²) in [6.45, 7) is 4.39. The molecule has 2 rings (SSSR count). The van der Waals surface area contributed by atoms with Crippen LogP contribution in [0.5, 0.6) is 0 Å². The largest absolute Gasteiger partial charge is 0.288 e. The summed E-state index contributed by atoms with van der Waals surface area (Å²) in [6.07, 6.45) is 4.95. The van der Waals surface area contributed by atoms with Gasteiger partial charge in [-0.25, -0.2) is 0 Å². The van der Waals surface area contributed by atoms with Crippen molar-refractivity contribution in [2.75, 3.05) is 17.2 Å². The summed E-state index contributed by atoms with van der Waals surface area (Å²) >= 11 is 2.82. The highest BCUT2D eigenvalue weighted by Crippen LogP contribution is 2.30. The van der Waals surface area contributed by atoms with Crippen molar-refractivity contribution in [3.8, 4) is 0 Å². The van der Waals surface area contributed by atoms with E-state index in [0.717, 1.165) is 17.8 Å². The van der Waals surface area contributed by atoms with Gasteiger partial charge in [-0.15, -0.1) is 10.2 Å². The fourth-order valence-electron chi connectivity index (χ4n) is 2.29. The number of nitrogens with zero attached hydrogens (tertiary/aromatic N) is 3. The highest BCUT2D eigenvalue weighted by molar-refractivity contribution is 8.13. The van der Waals surface area contributed by atoms with Crippen LogP contribution in [0.25, 0.3) is 0 Å². The normalized spacial score (nSPS) is 18.5. The molecular formula is C14H21N3O2S2. The molecule has 0 saturated carbocycles. The average molecular weight is 327 g/mol. The minimum Gasteiger partial charge on any atom is -0.288 e. The lowest BCUT2D eigenvalue weighted by Gasteiger charge is -2.11. The maximum atomic E-state index is 12.1. The molecule has 1 fully saturated rings. The van der Waals surface area contributed by atoms with E-state index in [0.29, 0.717) is 23.8 Å². The number of amides is 1. The van der Waals surface area contributed by atoms with Crippen LogP contribution in [0.1, 0.15) is 44.5 Å². The van der Waals surface area contributed by atoms with Crippen LogP contribution in [0.3, 0.4) is 0 Å². The van der Waals surface area contributed by atoms with Gasteiger partial charge < -0.3 is 0 Å². The van der Waals surface area contributed by atoms with Gasteiger partial charge in [0.25, 0.3) is 0 Å². The number of thioether (sulfide) groups is 1. The third kappa shape index (κ3) is 4.78. The minimum atomic E-state index is 0.0976. The second-order valence-electron chi connectivity index (χ2n) is 5.31. The zero-order valence-corrected chi connectivity index (χ0v) is 14.1. The SMILES string of the molecule is CCCCCc1nnc(N2CC(CSC(C)=O)CC2=O)s1. The number of hydrogen-bond acceptors (Lipinski definition) is 6. The molecular weight excluding hydrogens is 306 g/mol. The summed E-state index contributed by atoms with van der Waals surface area (Å²) in [4.78, 5) is 24.8. The van der Waals surface area contributed by atoms with Crippen LogP contribution in [-0.4, -0.2) is 33.5 Å². The summed E-state index contributed by atoms with van der Waals surface area (Å²) in [7, 11) is 0. The first-order valence-corrected chi connectivity index (χ1v) is 9.16. The molecule has 0 spiro atoms. The van der Waals surface area contributed by atoms with Gasteiger partial charge in [-0.05, 0) is 12.3 Å². The van der Waals surface area contributed by atoms with E-state index in [1.54, 1.807) is 11.8 Å². The van der Waals surface area contributed by atoms with Gasteiger partial charge in [-0.1, -0.05) is 42.9 Å². The quantitative estimate of drug-likeness (QED) is 0.721. The number of rotatable bonds is 7. The number of aryl methyl sites for hydroxylation is 1. The van der Waals surface area contributed by atoms with Gasteiger partial charge in [0.15, 0.2) is 5.12 Å². The second kappa shape index (κ2) is 7.89. The first kappa shape index (κ1) is 16.4. The Balaban J connectivity index is 1.89. The molecule has 1 aromatic rings. The molecule has 116 valence electrons. The molecule has 1 unspecified atom stereocenters. The van der Waals surface area contributed by atoms with E-state index in [1.165, 1.54) is 35.9 Å². The minimum absolute atomic E-state index is 0.0976. The molecule has 0 aromatic carbocycles. The molecule has 1 aliphatic heterocycles. The summed E-state index contributed by atoms with van der Waals surface area (Å²) in [5.41, 5.74) is 0. The Kier molecular flexibility index (Phi) is 6.17. The van der Waals surface area contributed by atoms with Crippen molar-refractivity contribution in [2.24, 2.45) is 5.92 Å². The van der Waals surface area contributed by atoms with Gasteiger partial charge in [0.05, 0.1) is 0 Å². The van der Waals surface area contributed by atoms with Gasteiger partial charge in [0, 0.05) is 32.1 Å². The van der Waals surface area contributed by atoms with Crippen molar-refractivity contribution < 1.29 is 9.59 Å². The molecule has 0 bridgehead atoms. The van der Waals surface area contributed by atoms with Crippen molar-refractivity contribution >= 4 is 39.3 Å². The monoisotopic (exact) mass is 327 g/mol. The van der Waals surface area contributed by atoms with Crippen LogP contribution in [0.2, 0.25) is 0 Å². The second-order valence-corrected chi connectivity index (χ2v) is 7.55. The zero-order valence-electron chi connectivity index (χ0n) is 12.5. The Labute approximate surface area is 133 Å². The van der Waals surface area contributed by atoms with E-state index >= 15 is 0 Å². The van der Waals surface area contributed by atoms with E-state index in [2.05, 4.69) is 17.1 Å². The maximum absolute atomic E-state index is 12.1. The predicted molar refractivity (Wildman–Crippen MR) is 86.7 cm³/mol. The molecule has 5 nitrogen and oxygen atoms in total. The third-order valence-electron chi connectivity index (χ3n) is 3.41. The fraction of sp³-hybridized carbons (Fsp3) is 0.714. The highest BCUT2D eigenvalue weighted by atomic mass is 32.2. The zero-order chi connectivity index (χ0) is 15.2. The third-order valence-corrected chi connectivity index (χ3v) is 5.46. The number of aromatic nitrogens is 2. The van der Waals surface area contributed by atoms with Crippen LogP contribution < -0.4 is 4.90 Å². The van der Waals surface area contributed by atoms with Crippen molar-refractivity contribution in [3.63, 3.8) is 0 Å². The Morgan fingerprint density at radius 3 is 2.95 bits per heavy atom. The highest BCUT2D eigenvalue weighted by Gasteiger charge is 2.32. The summed E-state index contributed by atoms with van der Waals surface area (Å²) in [5, 5.41) is 10.2. The summed E-state index contributed by atoms with van der Waals surface area (Å²) < 4.78 is 0. The lowest BCUT2D eigenvalue weighted by molar-refractivity contribution is -0.117. The molecule has 0 radical (unpaired) electrons. The first-order valence-electron chi connectivity index (χ1n) is 7.36. The molecule has 1 atom stereocenters. The van der Waals surface area contributed by atoms with Gasteiger partial charge in [-0.3, -0.25) is 14.5 Å². The van der Waals surface area contributed by atoms with Crippen molar-refractivity contribution in [2.45, 2.75) is 46.0 Å². The Morgan fingerprint density at radius 1 is 1.43 bits per heavy atom. The molecule has 21 heavy (non-hydrogen) atoms. The lowest BCUT2D eigenvalue weighted by atomic mass is 10.1. The molecule has 2 heterocycles. The van der Waals surface area contributed by atoms with E-state index in [-0.39, 0.29) is 16.9 Å². The number of carbonyl (C=O) groups excluding carboxylic acids is 2. The lowest BCUT2D eigenvalue weighted by Crippen LogP contribution is -2.24. The number of anilines is 1. The number of hydrogen-bond donors (Lipinski definition) is 0. The van der Waals surface area contributed by atoms with Crippen molar-refractivity contribution in [3.05, 3.63) is 5.01 Å². The predicted octanol–water partition coefficient (Wildman–Crippen LogP) is 2.90. The van der Waals surface area contributed by atoms with Crippen molar-refractivity contribution in [1.82, 2.24) is 10.2 Å². The smallest absolute Gasteiger partial charge is 0.229 e.